The maximum absolute atomic E-state index is 12.1. The zero-order valence-corrected chi connectivity index (χ0v) is 13.6. The van der Waals surface area contributed by atoms with Crippen LogP contribution >= 0.6 is 0 Å². The number of benzene rings is 1. The summed E-state index contributed by atoms with van der Waals surface area (Å²) >= 11 is 0. The molecular formula is C15H24N2O3S. The largest absolute Gasteiger partial charge is 0.385 e. The Bertz CT molecular complexity index is 572. The number of unbranched alkanes of at least 4 members (excludes halogenated alkanes) is 1. The van der Waals surface area contributed by atoms with E-state index in [9.17, 15) is 8.42 Å². The molecule has 0 aromatic heterocycles. The van der Waals surface area contributed by atoms with Gasteiger partial charge in [-0.05, 0) is 37.0 Å². The van der Waals surface area contributed by atoms with Crippen LogP contribution in [0.5, 0.6) is 0 Å². The quantitative estimate of drug-likeness (QED) is 0.743. The van der Waals surface area contributed by atoms with Gasteiger partial charge in [-0.15, -0.1) is 0 Å². The fraction of sp³-hybridized carbons (Fsp3) is 0.600. The maximum Gasteiger partial charge on any atom is 0.240 e. The molecule has 6 heteroatoms. The Labute approximate surface area is 127 Å². The third-order valence-electron chi connectivity index (χ3n) is 3.72. The standard InChI is InChI=1S/C15H24N2O3S/c1-3-16-21(18,19)14-7-6-13-8-10-17(15(13)12-14)9-4-5-11-20-2/h6-7,12,16H,3-5,8-11H2,1-2H3. The number of fused-ring (bicyclic) bond motifs is 1. The van der Waals surface area contributed by atoms with Crippen LogP contribution in [0.25, 0.3) is 0 Å². The van der Waals surface area contributed by atoms with E-state index in [1.165, 1.54) is 5.56 Å². The summed E-state index contributed by atoms with van der Waals surface area (Å²) in [4.78, 5) is 2.63. The van der Waals surface area contributed by atoms with Crippen molar-refractivity contribution in [2.45, 2.75) is 31.1 Å². The van der Waals surface area contributed by atoms with E-state index < -0.39 is 10.0 Å². The van der Waals surface area contributed by atoms with Crippen LogP contribution in [0.1, 0.15) is 25.3 Å². The molecule has 1 aliphatic heterocycles. The van der Waals surface area contributed by atoms with Crippen LogP contribution < -0.4 is 9.62 Å². The fourth-order valence-electron chi connectivity index (χ4n) is 2.65. The third-order valence-corrected chi connectivity index (χ3v) is 5.26. The van der Waals surface area contributed by atoms with Crippen molar-refractivity contribution in [3.63, 3.8) is 0 Å². The Morgan fingerprint density at radius 2 is 2.14 bits per heavy atom. The van der Waals surface area contributed by atoms with Crippen LogP contribution in [-0.4, -0.2) is 41.8 Å². The van der Waals surface area contributed by atoms with Gasteiger partial charge in [-0.1, -0.05) is 13.0 Å². The molecule has 1 heterocycles. The number of rotatable bonds is 8. The molecule has 0 fully saturated rings. The molecule has 1 N–H and O–H groups in total. The lowest BCUT2D eigenvalue weighted by molar-refractivity contribution is 0.193. The Morgan fingerprint density at radius 1 is 1.33 bits per heavy atom. The number of sulfonamides is 1. The topological polar surface area (TPSA) is 58.6 Å². The Morgan fingerprint density at radius 3 is 2.86 bits per heavy atom. The van der Waals surface area contributed by atoms with Gasteiger partial charge < -0.3 is 9.64 Å². The monoisotopic (exact) mass is 312 g/mol. The maximum atomic E-state index is 12.1. The van der Waals surface area contributed by atoms with Gasteiger partial charge in [-0.25, -0.2) is 13.1 Å². The van der Waals surface area contributed by atoms with Crippen molar-refractivity contribution in [2.75, 3.05) is 38.3 Å². The molecule has 0 unspecified atom stereocenters. The molecule has 0 radical (unpaired) electrons. The normalized spacial score (nSPS) is 14.5. The lowest BCUT2D eigenvalue weighted by Gasteiger charge is -2.20. The number of anilines is 1. The van der Waals surface area contributed by atoms with Crippen LogP contribution in [0, 0.1) is 0 Å². The van der Waals surface area contributed by atoms with Crippen LogP contribution in [-0.2, 0) is 21.2 Å². The highest BCUT2D eigenvalue weighted by molar-refractivity contribution is 7.89. The molecule has 5 nitrogen and oxygen atoms in total. The van der Waals surface area contributed by atoms with E-state index in [-0.39, 0.29) is 0 Å². The summed E-state index contributed by atoms with van der Waals surface area (Å²) in [6.45, 7) is 4.87. The predicted octanol–water partition coefficient (Wildman–Crippen LogP) is 1.77. The molecule has 0 atom stereocenters. The molecule has 0 saturated heterocycles. The van der Waals surface area contributed by atoms with E-state index in [0.29, 0.717) is 11.4 Å². The third kappa shape index (κ3) is 3.96. The summed E-state index contributed by atoms with van der Waals surface area (Å²) in [5.41, 5.74) is 2.29. The van der Waals surface area contributed by atoms with E-state index in [4.69, 9.17) is 4.74 Å². The van der Waals surface area contributed by atoms with Crippen molar-refractivity contribution in [3.05, 3.63) is 23.8 Å². The van der Waals surface area contributed by atoms with Crippen LogP contribution in [0.4, 0.5) is 5.69 Å². The van der Waals surface area contributed by atoms with Gasteiger partial charge in [0, 0.05) is 39.0 Å². The van der Waals surface area contributed by atoms with Crippen molar-refractivity contribution >= 4 is 15.7 Å². The van der Waals surface area contributed by atoms with Gasteiger partial charge in [0.15, 0.2) is 0 Å². The molecule has 1 aromatic rings. The number of hydrogen-bond acceptors (Lipinski definition) is 4. The average Bonchev–Trinajstić information content (AvgIpc) is 2.86. The molecule has 0 bridgehead atoms. The Kier molecular flexibility index (Phi) is 5.61. The van der Waals surface area contributed by atoms with Gasteiger partial charge in [0.05, 0.1) is 4.90 Å². The second-order valence-electron chi connectivity index (χ2n) is 5.23. The zero-order valence-electron chi connectivity index (χ0n) is 12.8. The molecule has 1 aliphatic rings. The van der Waals surface area contributed by atoms with Gasteiger partial charge in [-0.3, -0.25) is 0 Å². The van der Waals surface area contributed by atoms with E-state index in [1.807, 2.05) is 6.07 Å². The summed E-state index contributed by atoms with van der Waals surface area (Å²) in [5, 5.41) is 0. The van der Waals surface area contributed by atoms with Gasteiger partial charge in [-0.2, -0.15) is 0 Å². The molecule has 0 spiro atoms. The highest BCUT2D eigenvalue weighted by Crippen LogP contribution is 2.30. The minimum absolute atomic E-state index is 0.354. The highest BCUT2D eigenvalue weighted by Gasteiger charge is 2.22. The van der Waals surface area contributed by atoms with Gasteiger partial charge in [0.1, 0.15) is 0 Å². The smallest absolute Gasteiger partial charge is 0.240 e. The number of methoxy groups -OCH3 is 1. The molecule has 0 saturated carbocycles. The van der Waals surface area contributed by atoms with Crippen LogP contribution in [0.3, 0.4) is 0 Å². The van der Waals surface area contributed by atoms with Crippen molar-refractivity contribution in [2.24, 2.45) is 0 Å². The summed E-state index contributed by atoms with van der Waals surface area (Å²) in [6, 6.07) is 5.44. The first-order chi connectivity index (χ1) is 10.1. The second-order valence-corrected chi connectivity index (χ2v) is 7.00. The molecule has 21 heavy (non-hydrogen) atoms. The van der Waals surface area contributed by atoms with Gasteiger partial charge in [0.25, 0.3) is 0 Å². The predicted molar refractivity (Wildman–Crippen MR) is 84.3 cm³/mol. The van der Waals surface area contributed by atoms with Crippen molar-refractivity contribution in [1.29, 1.82) is 0 Å². The minimum Gasteiger partial charge on any atom is -0.385 e. The van der Waals surface area contributed by atoms with Crippen molar-refractivity contribution in [3.8, 4) is 0 Å². The number of nitrogens with zero attached hydrogens (tertiary/aromatic N) is 1. The zero-order chi connectivity index (χ0) is 15.3. The van der Waals surface area contributed by atoms with Crippen molar-refractivity contribution < 1.29 is 13.2 Å². The van der Waals surface area contributed by atoms with Gasteiger partial charge >= 0.3 is 0 Å². The van der Waals surface area contributed by atoms with Crippen LogP contribution in [0.15, 0.2) is 23.1 Å². The van der Waals surface area contributed by atoms with E-state index in [1.54, 1.807) is 26.2 Å². The Balaban J connectivity index is 2.11. The Hall–Kier alpha value is -1.11. The molecule has 1 aromatic carbocycles. The number of nitrogens with one attached hydrogen (secondary N) is 1. The lowest BCUT2D eigenvalue weighted by Crippen LogP contribution is -2.24. The summed E-state index contributed by atoms with van der Waals surface area (Å²) in [5.74, 6) is 0. The highest BCUT2D eigenvalue weighted by atomic mass is 32.2. The first kappa shape index (κ1) is 16.3. The summed E-state index contributed by atoms with van der Waals surface area (Å²) in [6.07, 6.45) is 3.07. The van der Waals surface area contributed by atoms with Crippen molar-refractivity contribution in [1.82, 2.24) is 4.72 Å². The first-order valence-electron chi connectivity index (χ1n) is 7.45. The summed E-state index contributed by atoms with van der Waals surface area (Å²) < 4.78 is 31.8. The molecular weight excluding hydrogens is 288 g/mol. The number of hydrogen-bond donors (Lipinski definition) is 1. The average molecular weight is 312 g/mol. The van der Waals surface area contributed by atoms with E-state index in [0.717, 1.165) is 44.6 Å². The SMILES string of the molecule is CCNS(=O)(=O)c1ccc2c(c1)N(CCCCOC)CC2. The molecule has 118 valence electrons. The van der Waals surface area contributed by atoms with Gasteiger partial charge in [0.2, 0.25) is 10.0 Å². The minimum atomic E-state index is -3.38. The fourth-order valence-corrected chi connectivity index (χ4v) is 3.71. The second kappa shape index (κ2) is 7.24. The summed E-state index contributed by atoms with van der Waals surface area (Å²) in [7, 11) is -1.67. The van der Waals surface area contributed by atoms with Crippen LogP contribution in [0.2, 0.25) is 0 Å². The lowest BCUT2D eigenvalue weighted by atomic mass is 10.2. The van der Waals surface area contributed by atoms with E-state index in [2.05, 4.69) is 9.62 Å². The van der Waals surface area contributed by atoms with E-state index >= 15 is 0 Å². The molecule has 0 amide bonds. The number of ether oxygens (including phenoxy) is 1. The molecule has 2 rings (SSSR count). The molecule has 0 aliphatic carbocycles. The first-order valence-corrected chi connectivity index (χ1v) is 8.93.